The second-order valence-corrected chi connectivity index (χ2v) is 4.31. The van der Waals surface area contributed by atoms with E-state index in [0.717, 1.165) is 0 Å². The standard InChI is InChI=1S/C9H9N3O3S/c1-15-12-8(6-10)7-4-2-3-5-9(7)16(11,13)14/h2-5H,1H3,(H2,11,13,14)/b12-8-. The zero-order chi connectivity index (χ0) is 12.2. The zero-order valence-corrected chi connectivity index (χ0v) is 9.23. The molecule has 1 rings (SSSR count). The highest BCUT2D eigenvalue weighted by molar-refractivity contribution is 7.89. The number of sulfonamides is 1. The Labute approximate surface area is 93.0 Å². The summed E-state index contributed by atoms with van der Waals surface area (Å²) in [5, 5.41) is 17.2. The van der Waals surface area contributed by atoms with E-state index in [9.17, 15) is 8.42 Å². The molecular formula is C9H9N3O3S. The first-order valence-corrected chi connectivity index (χ1v) is 5.68. The molecule has 16 heavy (non-hydrogen) atoms. The van der Waals surface area contributed by atoms with Gasteiger partial charge in [-0.3, -0.25) is 0 Å². The molecule has 6 nitrogen and oxygen atoms in total. The SMILES string of the molecule is CO/N=C(/C#N)c1ccccc1S(N)(=O)=O. The molecule has 7 heteroatoms. The number of hydrogen-bond donors (Lipinski definition) is 1. The molecule has 0 aromatic heterocycles. The molecule has 1 aromatic rings. The normalized spacial score (nSPS) is 11.9. The number of benzene rings is 1. The van der Waals surface area contributed by atoms with E-state index in [1.807, 2.05) is 0 Å². The molecule has 1 aromatic carbocycles. The third-order valence-corrected chi connectivity index (χ3v) is 2.71. The van der Waals surface area contributed by atoms with E-state index in [2.05, 4.69) is 9.99 Å². The van der Waals surface area contributed by atoms with Gasteiger partial charge in [-0.25, -0.2) is 13.6 Å². The summed E-state index contributed by atoms with van der Waals surface area (Å²) in [5.41, 5.74) is -0.0264. The molecule has 0 unspecified atom stereocenters. The molecule has 0 saturated heterocycles. The van der Waals surface area contributed by atoms with Crippen molar-refractivity contribution in [1.29, 1.82) is 5.26 Å². The number of rotatable bonds is 3. The monoisotopic (exact) mass is 239 g/mol. The second-order valence-electron chi connectivity index (χ2n) is 2.78. The second kappa shape index (κ2) is 4.74. The van der Waals surface area contributed by atoms with Crippen molar-refractivity contribution in [2.45, 2.75) is 4.90 Å². The molecule has 2 N–H and O–H groups in total. The van der Waals surface area contributed by atoms with Crippen LogP contribution in [0.15, 0.2) is 34.3 Å². The van der Waals surface area contributed by atoms with E-state index < -0.39 is 10.0 Å². The maximum atomic E-state index is 11.3. The average Bonchev–Trinajstić information content (AvgIpc) is 2.25. The Hall–Kier alpha value is -1.91. The van der Waals surface area contributed by atoms with Gasteiger partial charge in [0.2, 0.25) is 10.0 Å². The molecule has 0 radical (unpaired) electrons. The van der Waals surface area contributed by atoms with Crippen molar-refractivity contribution >= 4 is 15.7 Å². The largest absolute Gasteiger partial charge is 0.398 e. The summed E-state index contributed by atoms with van der Waals surface area (Å²) in [4.78, 5) is 4.29. The third kappa shape index (κ3) is 2.56. The van der Waals surface area contributed by atoms with Gasteiger partial charge >= 0.3 is 0 Å². The predicted octanol–water partition coefficient (Wildman–Crippen LogP) is 0.208. The van der Waals surface area contributed by atoms with Gasteiger partial charge in [0.1, 0.15) is 13.2 Å². The lowest BCUT2D eigenvalue weighted by Gasteiger charge is -2.04. The molecule has 0 atom stereocenters. The smallest absolute Gasteiger partial charge is 0.238 e. The minimum absolute atomic E-state index is 0.120. The van der Waals surface area contributed by atoms with Crippen LogP contribution in [0.4, 0.5) is 0 Å². The molecule has 0 heterocycles. The third-order valence-electron chi connectivity index (χ3n) is 1.74. The number of hydrogen-bond acceptors (Lipinski definition) is 5. The molecule has 0 aliphatic carbocycles. The highest BCUT2D eigenvalue weighted by Gasteiger charge is 2.17. The molecule has 84 valence electrons. The van der Waals surface area contributed by atoms with Gasteiger partial charge in [-0.1, -0.05) is 23.4 Å². The van der Waals surface area contributed by atoms with Gasteiger partial charge < -0.3 is 4.84 Å². The van der Waals surface area contributed by atoms with Gasteiger partial charge in [-0.2, -0.15) is 5.26 Å². The Morgan fingerprint density at radius 2 is 2.12 bits per heavy atom. The lowest BCUT2D eigenvalue weighted by molar-refractivity contribution is 0.214. The first kappa shape index (κ1) is 12.2. The van der Waals surface area contributed by atoms with Gasteiger partial charge in [0.25, 0.3) is 0 Å². The topological polar surface area (TPSA) is 106 Å². The quantitative estimate of drug-likeness (QED) is 0.601. The van der Waals surface area contributed by atoms with Crippen molar-refractivity contribution in [2.75, 3.05) is 7.11 Å². The first-order chi connectivity index (χ1) is 7.50. The minimum Gasteiger partial charge on any atom is -0.398 e. The Morgan fingerprint density at radius 1 is 1.50 bits per heavy atom. The molecule has 0 aliphatic heterocycles. The number of nitriles is 1. The summed E-state index contributed by atoms with van der Waals surface area (Å²) >= 11 is 0. The molecule has 0 saturated carbocycles. The molecule has 0 bridgehead atoms. The summed E-state index contributed by atoms with van der Waals surface area (Å²) in [7, 11) is -2.63. The molecule has 0 fully saturated rings. The van der Waals surface area contributed by atoms with Gasteiger partial charge in [-0.15, -0.1) is 0 Å². The Bertz CT molecular complexity index is 558. The summed E-state index contributed by atoms with van der Waals surface area (Å²) in [6.45, 7) is 0. The van der Waals surface area contributed by atoms with Crippen molar-refractivity contribution in [3.63, 3.8) is 0 Å². The van der Waals surface area contributed by atoms with E-state index in [1.165, 1.54) is 25.3 Å². The fourth-order valence-electron chi connectivity index (χ4n) is 1.13. The van der Waals surface area contributed by atoms with Crippen LogP contribution in [0.1, 0.15) is 5.56 Å². The lowest BCUT2D eigenvalue weighted by Crippen LogP contribution is -2.16. The van der Waals surface area contributed by atoms with Gasteiger partial charge in [0.15, 0.2) is 5.71 Å². The summed E-state index contributed by atoms with van der Waals surface area (Å²) in [6.07, 6.45) is 0. The molecule has 0 spiro atoms. The molecular weight excluding hydrogens is 230 g/mol. The molecule has 0 aliphatic rings. The maximum absolute atomic E-state index is 11.3. The van der Waals surface area contributed by atoms with Crippen molar-refractivity contribution in [3.8, 4) is 6.07 Å². The average molecular weight is 239 g/mol. The van der Waals surface area contributed by atoms with Crippen molar-refractivity contribution in [2.24, 2.45) is 10.3 Å². The van der Waals surface area contributed by atoms with Gasteiger partial charge in [0.05, 0.1) is 4.90 Å². The van der Waals surface area contributed by atoms with Crippen molar-refractivity contribution in [1.82, 2.24) is 0 Å². The van der Waals surface area contributed by atoms with E-state index in [0.29, 0.717) is 0 Å². The van der Waals surface area contributed by atoms with Crippen LogP contribution in [0, 0.1) is 11.3 Å². The predicted molar refractivity (Wildman–Crippen MR) is 57.0 cm³/mol. The van der Waals surface area contributed by atoms with E-state index >= 15 is 0 Å². The van der Waals surface area contributed by atoms with Crippen LogP contribution in [-0.2, 0) is 14.9 Å². The van der Waals surface area contributed by atoms with Crippen LogP contribution in [0.2, 0.25) is 0 Å². The van der Waals surface area contributed by atoms with Crippen LogP contribution in [0.3, 0.4) is 0 Å². The zero-order valence-electron chi connectivity index (χ0n) is 8.41. The first-order valence-electron chi connectivity index (χ1n) is 4.14. The van der Waals surface area contributed by atoms with Crippen LogP contribution in [-0.4, -0.2) is 21.2 Å². The Balaban J connectivity index is 3.47. The number of primary sulfonamides is 1. The fraction of sp³-hybridized carbons (Fsp3) is 0.111. The Morgan fingerprint density at radius 3 is 2.62 bits per heavy atom. The van der Waals surface area contributed by atoms with E-state index in [-0.39, 0.29) is 16.2 Å². The van der Waals surface area contributed by atoms with Crippen LogP contribution < -0.4 is 5.14 Å². The minimum atomic E-state index is -3.89. The van der Waals surface area contributed by atoms with Crippen LogP contribution in [0.25, 0.3) is 0 Å². The summed E-state index contributed by atoms with van der Waals surface area (Å²) < 4.78 is 22.5. The van der Waals surface area contributed by atoms with E-state index in [1.54, 1.807) is 12.1 Å². The van der Waals surface area contributed by atoms with Gasteiger partial charge in [0, 0.05) is 5.56 Å². The van der Waals surface area contributed by atoms with Crippen molar-refractivity contribution < 1.29 is 13.3 Å². The number of nitrogens with zero attached hydrogens (tertiary/aromatic N) is 2. The number of oxime groups is 1. The van der Waals surface area contributed by atoms with Crippen LogP contribution in [0.5, 0.6) is 0 Å². The summed E-state index contributed by atoms with van der Waals surface area (Å²) in [6, 6.07) is 7.55. The van der Waals surface area contributed by atoms with Crippen molar-refractivity contribution in [3.05, 3.63) is 29.8 Å². The fourth-order valence-corrected chi connectivity index (χ4v) is 1.87. The van der Waals surface area contributed by atoms with Gasteiger partial charge in [-0.05, 0) is 6.07 Å². The maximum Gasteiger partial charge on any atom is 0.238 e. The number of nitrogens with two attached hydrogens (primary N) is 1. The highest BCUT2D eigenvalue weighted by Crippen LogP contribution is 2.14. The lowest BCUT2D eigenvalue weighted by atomic mass is 10.1. The highest BCUT2D eigenvalue weighted by atomic mass is 32.2. The molecule has 0 amide bonds. The summed E-state index contributed by atoms with van der Waals surface area (Å²) in [5.74, 6) is 0. The van der Waals surface area contributed by atoms with Crippen LogP contribution >= 0.6 is 0 Å². The Kier molecular flexibility index (Phi) is 3.60. The van der Waals surface area contributed by atoms with E-state index in [4.69, 9.17) is 10.4 Å².